The molecule has 0 aliphatic rings. The summed E-state index contributed by atoms with van der Waals surface area (Å²) in [6, 6.07) is 0. The minimum absolute atomic E-state index is 0.0243. The van der Waals surface area contributed by atoms with Crippen molar-refractivity contribution in [2.24, 2.45) is 0 Å². The van der Waals surface area contributed by atoms with Crippen molar-refractivity contribution in [1.82, 2.24) is 0 Å². The molecule has 0 heterocycles. The van der Waals surface area contributed by atoms with Crippen molar-refractivity contribution in [2.75, 3.05) is 39.6 Å². The van der Waals surface area contributed by atoms with Gasteiger partial charge in [-0.15, -0.1) is 0 Å². The number of allylic oxidation sites excluding steroid dienone is 29. The highest BCUT2D eigenvalue weighted by Crippen LogP contribution is 2.45. The molecule has 0 aliphatic carbocycles. The molecule has 0 saturated heterocycles. The maximum atomic E-state index is 13.1. The molecule has 0 radical (unpaired) electrons. The smallest absolute Gasteiger partial charge is 0.462 e. The number of rotatable bonds is 67. The van der Waals surface area contributed by atoms with Crippen LogP contribution in [0.25, 0.3) is 0 Å². The number of carbonyl (C=O) groups is 4. The van der Waals surface area contributed by atoms with Crippen LogP contribution >= 0.6 is 15.6 Å². The van der Waals surface area contributed by atoms with Gasteiger partial charge < -0.3 is 33.8 Å². The molecular formula is C81H128O17P2. The van der Waals surface area contributed by atoms with Gasteiger partial charge in [-0.25, -0.2) is 9.13 Å². The normalized spacial score (nSPS) is 15.0. The molecule has 0 fully saturated rings. The maximum Gasteiger partial charge on any atom is 0.472 e. The van der Waals surface area contributed by atoms with Gasteiger partial charge in [0.25, 0.3) is 0 Å². The molecule has 5 atom stereocenters. The van der Waals surface area contributed by atoms with Crippen molar-refractivity contribution in [3.05, 3.63) is 182 Å². The molecule has 0 aromatic heterocycles. The number of phosphoric ester groups is 2. The standard InChI is InChI=1S/C81H128O17P2/c1-5-9-13-17-21-25-29-33-35-36-37-38-40-44-46-50-54-58-62-66-79(84)92-72-77(98-81(86)68-64-60-56-52-48-42-32-28-24-20-16-12-8-4)74-96-100(89,90)94-70-75(82)69-93-99(87,88)95-73-76(97-80(85)67-63-59-55-51-47-41-31-27-23-19-15-11-7-3)71-91-78(83)65-61-57-53-49-45-43-39-34-30-26-22-18-14-10-6-2/h9-10,13-16,19-22,25-28,31-35,37-39,44-46,49,54,57-58,61,75-77,82H,5-8,11-12,17-18,23-24,29-30,36,40-43,47-48,50-53,55-56,59-60,62-74H2,1-4H3,(H,87,88)(H,89,90)/b13-9-,14-10-,19-15-,20-16-,25-21-,26-22-,31-27-,32-28-,35-33-,38-37-,39-34-,46-44-,49-45-,58-54-,61-57-. The van der Waals surface area contributed by atoms with E-state index < -0.39 is 97.5 Å². The van der Waals surface area contributed by atoms with E-state index in [1.807, 2.05) is 36.5 Å². The summed E-state index contributed by atoms with van der Waals surface area (Å²) in [5, 5.41) is 10.6. The highest BCUT2D eigenvalue weighted by atomic mass is 31.2. The first-order valence-corrected chi connectivity index (χ1v) is 40.0. The third-order valence-corrected chi connectivity index (χ3v) is 16.2. The molecule has 5 unspecified atom stereocenters. The second-order valence-electron chi connectivity index (χ2n) is 23.8. The first kappa shape index (κ1) is 94.2. The largest absolute Gasteiger partial charge is 0.472 e. The van der Waals surface area contributed by atoms with Crippen LogP contribution in [0.2, 0.25) is 0 Å². The summed E-state index contributed by atoms with van der Waals surface area (Å²) in [6.45, 7) is 4.23. The van der Waals surface area contributed by atoms with E-state index in [0.717, 1.165) is 161 Å². The lowest BCUT2D eigenvalue weighted by atomic mass is 10.1. The van der Waals surface area contributed by atoms with Gasteiger partial charge in [-0.05, 0) is 141 Å². The Morgan fingerprint density at radius 2 is 0.580 bits per heavy atom. The Kier molecular flexibility index (Phi) is 67.4. The number of aliphatic hydroxyl groups excluding tert-OH is 1. The molecule has 0 aromatic rings. The summed E-state index contributed by atoms with van der Waals surface area (Å²) in [7, 11) is -10.0. The second kappa shape index (κ2) is 71.6. The summed E-state index contributed by atoms with van der Waals surface area (Å²) < 4.78 is 68.1. The minimum Gasteiger partial charge on any atom is -0.462 e. The number of esters is 4. The van der Waals surface area contributed by atoms with Crippen LogP contribution in [0.1, 0.15) is 246 Å². The van der Waals surface area contributed by atoms with Crippen molar-refractivity contribution >= 4 is 39.5 Å². The molecule has 0 aliphatic heterocycles. The fourth-order valence-corrected chi connectivity index (χ4v) is 10.4. The summed E-state index contributed by atoms with van der Waals surface area (Å²) in [6.07, 6.45) is 85.1. The molecule has 0 rings (SSSR count). The monoisotopic (exact) mass is 1430 g/mol. The lowest BCUT2D eigenvalue weighted by Crippen LogP contribution is -2.30. The third kappa shape index (κ3) is 70.6. The number of phosphoric acid groups is 2. The number of hydrogen-bond acceptors (Lipinski definition) is 15. The van der Waals surface area contributed by atoms with Gasteiger partial charge in [0.15, 0.2) is 12.2 Å². The Hall–Kier alpha value is -5.84. The predicted octanol–water partition coefficient (Wildman–Crippen LogP) is 21.2. The van der Waals surface area contributed by atoms with E-state index in [0.29, 0.717) is 32.1 Å². The van der Waals surface area contributed by atoms with Gasteiger partial charge in [0, 0.05) is 19.3 Å². The maximum absolute atomic E-state index is 13.1. The van der Waals surface area contributed by atoms with Crippen molar-refractivity contribution in [3.63, 3.8) is 0 Å². The Bertz CT molecular complexity index is 2620. The fraction of sp³-hybridized carbons (Fsp3) is 0.580. The number of hydrogen-bond donors (Lipinski definition) is 3. The predicted molar refractivity (Wildman–Crippen MR) is 408 cm³/mol. The fourth-order valence-electron chi connectivity index (χ4n) is 8.80. The zero-order valence-electron chi connectivity index (χ0n) is 61.3. The highest BCUT2D eigenvalue weighted by molar-refractivity contribution is 7.47. The number of aliphatic hydroxyl groups is 1. The first-order chi connectivity index (χ1) is 48.7. The van der Waals surface area contributed by atoms with Gasteiger partial charge in [-0.1, -0.05) is 261 Å². The van der Waals surface area contributed by atoms with Crippen LogP contribution in [-0.4, -0.2) is 96.7 Å². The molecule has 19 heteroatoms. The van der Waals surface area contributed by atoms with E-state index in [1.165, 1.54) is 0 Å². The van der Waals surface area contributed by atoms with Crippen molar-refractivity contribution in [2.45, 2.75) is 264 Å². The van der Waals surface area contributed by atoms with Crippen molar-refractivity contribution < 1.29 is 80.2 Å². The number of unbranched alkanes of at least 4 members (excludes halogenated alkanes) is 12. The lowest BCUT2D eigenvalue weighted by Gasteiger charge is -2.21. The van der Waals surface area contributed by atoms with Gasteiger partial charge in [-0.2, -0.15) is 0 Å². The van der Waals surface area contributed by atoms with Crippen molar-refractivity contribution in [3.8, 4) is 0 Å². The van der Waals surface area contributed by atoms with Crippen LogP contribution in [0.5, 0.6) is 0 Å². The topological polar surface area (TPSA) is 237 Å². The zero-order chi connectivity index (χ0) is 73.2. The molecule has 3 N–H and O–H groups in total. The minimum atomic E-state index is -5.01. The molecule has 0 amide bonds. The average Bonchev–Trinajstić information content (AvgIpc) is 0.935. The van der Waals surface area contributed by atoms with Crippen LogP contribution in [0, 0.1) is 0 Å². The van der Waals surface area contributed by atoms with E-state index in [9.17, 15) is 43.2 Å². The molecule has 0 saturated carbocycles. The molecule has 564 valence electrons. The molecule has 0 aromatic carbocycles. The Morgan fingerprint density at radius 3 is 0.930 bits per heavy atom. The van der Waals surface area contributed by atoms with E-state index in [4.69, 9.17) is 37.0 Å². The summed E-state index contributed by atoms with van der Waals surface area (Å²) in [5.74, 6) is -2.48. The second-order valence-corrected chi connectivity index (χ2v) is 26.7. The molecule has 100 heavy (non-hydrogen) atoms. The van der Waals surface area contributed by atoms with Gasteiger partial charge in [0.2, 0.25) is 0 Å². The summed E-state index contributed by atoms with van der Waals surface area (Å²) >= 11 is 0. The Balaban J connectivity index is 5.50. The van der Waals surface area contributed by atoms with E-state index in [1.54, 1.807) is 6.08 Å². The van der Waals surface area contributed by atoms with Gasteiger partial charge in [0.05, 0.1) is 32.8 Å². The quantitative estimate of drug-likeness (QED) is 0.0169. The Labute approximate surface area is 603 Å². The van der Waals surface area contributed by atoms with Crippen LogP contribution in [0.3, 0.4) is 0 Å². The first-order valence-electron chi connectivity index (χ1n) is 37.0. The Morgan fingerprint density at radius 1 is 0.300 bits per heavy atom. The molecule has 0 bridgehead atoms. The zero-order valence-corrected chi connectivity index (χ0v) is 63.1. The van der Waals surface area contributed by atoms with E-state index >= 15 is 0 Å². The van der Waals surface area contributed by atoms with Crippen LogP contribution in [-0.2, 0) is 65.4 Å². The molecule has 17 nitrogen and oxygen atoms in total. The van der Waals surface area contributed by atoms with Crippen LogP contribution < -0.4 is 0 Å². The van der Waals surface area contributed by atoms with E-state index in [-0.39, 0.29) is 25.7 Å². The summed E-state index contributed by atoms with van der Waals surface area (Å²) in [5.41, 5.74) is 0. The van der Waals surface area contributed by atoms with Gasteiger partial charge >= 0.3 is 39.5 Å². The number of carbonyl (C=O) groups excluding carboxylic acids is 4. The van der Waals surface area contributed by atoms with Gasteiger partial charge in [-0.3, -0.25) is 37.3 Å². The third-order valence-electron chi connectivity index (χ3n) is 14.3. The molecular weight excluding hydrogens is 1310 g/mol. The SMILES string of the molecule is CC/C=C\C/C=C\C/C=C\C/C=C\C/C=C\C/C=C\CCC(=O)OCC(COP(=O)(O)OCC(O)COP(=O)(O)OCC(COC(=O)C/C=C\C/C=C\C/C=C\C/C=C\C/C=C\CC)OC(=O)CCCCCCC/C=C\C/C=C\CCC)OC(=O)CCCCCCC/C=C\C/C=C\CCC. The van der Waals surface area contributed by atoms with Crippen molar-refractivity contribution in [1.29, 1.82) is 0 Å². The lowest BCUT2D eigenvalue weighted by molar-refractivity contribution is -0.161. The van der Waals surface area contributed by atoms with E-state index in [2.05, 4.69) is 167 Å². The number of ether oxygens (including phenoxy) is 4. The van der Waals surface area contributed by atoms with Crippen LogP contribution in [0.4, 0.5) is 0 Å². The van der Waals surface area contributed by atoms with Gasteiger partial charge in [0.1, 0.15) is 19.3 Å². The summed E-state index contributed by atoms with van der Waals surface area (Å²) in [4.78, 5) is 72.7. The van der Waals surface area contributed by atoms with Crippen LogP contribution in [0.15, 0.2) is 182 Å². The highest BCUT2D eigenvalue weighted by Gasteiger charge is 2.30. The average molecular weight is 1440 g/mol. The molecule has 0 spiro atoms.